The fraction of sp³-hybridized carbons (Fsp3) is 0.214. The van der Waals surface area contributed by atoms with E-state index in [-0.39, 0.29) is 10.9 Å². The lowest BCUT2D eigenvalue weighted by Gasteiger charge is -2.17. The van der Waals surface area contributed by atoms with Gasteiger partial charge < -0.3 is 5.32 Å². The smallest absolute Gasteiger partial charge is 0.175 e. The molecule has 0 spiro atoms. The summed E-state index contributed by atoms with van der Waals surface area (Å²) in [6.07, 6.45) is 3.78. The van der Waals surface area contributed by atoms with Gasteiger partial charge in [-0.15, -0.1) is 0 Å². The van der Waals surface area contributed by atoms with Crippen molar-refractivity contribution in [2.75, 3.05) is 11.6 Å². The first kappa shape index (κ1) is 15.7. The third-order valence-electron chi connectivity index (χ3n) is 2.96. The first-order valence-corrected chi connectivity index (χ1v) is 8.41. The summed E-state index contributed by atoms with van der Waals surface area (Å²) in [5.41, 5.74) is 1.10. The van der Waals surface area contributed by atoms with Gasteiger partial charge in [0.2, 0.25) is 0 Å². The molecular formula is C14H14ClFN2O2S. The second kappa shape index (κ2) is 5.99. The summed E-state index contributed by atoms with van der Waals surface area (Å²) in [5, 5.41) is 3.45. The van der Waals surface area contributed by atoms with E-state index < -0.39 is 15.7 Å². The average Bonchev–Trinajstić information content (AvgIpc) is 2.40. The number of aromatic nitrogens is 1. The molecule has 0 fully saturated rings. The number of nitrogens with zero attached hydrogens (tertiary/aromatic N) is 1. The summed E-state index contributed by atoms with van der Waals surface area (Å²) in [4.78, 5) is 3.95. The highest BCUT2D eigenvalue weighted by atomic mass is 35.5. The van der Waals surface area contributed by atoms with Crippen LogP contribution >= 0.6 is 11.6 Å². The molecule has 2 rings (SSSR count). The lowest BCUT2D eigenvalue weighted by Crippen LogP contribution is -2.08. The Bertz CT molecular complexity index is 765. The van der Waals surface area contributed by atoms with Crippen LogP contribution in [0.4, 0.5) is 10.1 Å². The van der Waals surface area contributed by atoms with E-state index in [0.717, 1.165) is 12.5 Å². The normalized spacial score (nSPS) is 13.0. The summed E-state index contributed by atoms with van der Waals surface area (Å²) in [5.74, 6) is -0.433. The Morgan fingerprint density at radius 3 is 2.62 bits per heavy atom. The molecule has 0 aliphatic heterocycles. The van der Waals surface area contributed by atoms with Gasteiger partial charge in [-0.25, -0.2) is 12.8 Å². The van der Waals surface area contributed by atoms with Crippen molar-refractivity contribution in [1.29, 1.82) is 0 Å². The quantitative estimate of drug-likeness (QED) is 0.934. The van der Waals surface area contributed by atoms with Crippen LogP contribution in [0.2, 0.25) is 5.02 Å². The summed E-state index contributed by atoms with van der Waals surface area (Å²) in [6, 6.07) is 5.49. The van der Waals surface area contributed by atoms with Crippen molar-refractivity contribution in [3.05, 3.63) is 53.1 Å². The fourth-order valence-electron chi connectivity index (χ4n) is 1.83. The molecule has 21 heavy (non-hydrogen) atoms. The molecular weight excluding hydrogens is 315 g/mol. The van der Waals surface area contributed by atoms with E-state index in [1.54, 1.807) is 6.92 Å². The molecule has 1 heterocycles. The van der Waals surface area contributed by atoms with Gasteiger partial charge in [0.05, 0.1) is 27.8 Å². The summed E-state index contributed by atoms with van der Waals surface area (Å²) in [7, 11) is -3.32. The topological polar surface area (TPSA) is 59.1 Å². The van der Waals surface area contributed by atoms with Crippen molar-refractivity contribution in [3.8, 4) is 0 Å². The van der Waals surface area contributed by atoms with Crippen LogP contribution in [0.5, 0.6) is 0 Å². The molecule has 1 aromatic carbocycles. The number of anilines is 1. The second-order valence-electron chi connectivity index (χ2n) is 4.72. The highest BCUT2D eigenvalue weighted by Gasteiger charge is 2.13. The van der Waals surface area contributed by atoms with Crippen LogP contribution < -0.4 is 5.32 Å². The summed E-state index contributed by atoms with van der Waals surface area (Å²) in [6.45, 7) is 1.81. The Hall–Kier alpha value is -1.66. The van der Waals surface area contributed by atoms with E-state index in [1.165, 1.54) is 30.5 Å². The van der Waals surface area contributed by atoms with Gasteiger partial charge in [-0.1, -0.05) is 11.6 Å². The Balaban J connectivity index is 2.31. The highest BCUT2D eigenvalue weighted by Crippen LogP contribution is 2.28. The van der Waals surface area contributed by atoms with E-state index in [4.69, 9.17) is 11.6 Å². The van der Waals surface area contributed by atoms with Crippen molar-refractivity contribution < 1.29 is 12.8 Å². The minimum atomic E-state index is -3.32. The Kier molecular flexibility index (Phi) is 4.49. The third-order valence-corrected chi connectivity index (χ3v) is 4.40. The zero-order valence-corrected chi connectivity index (χ0v) is 13.0. The van der Waals surface area contributed by atoms with Gasteiger partial charge in [0.1, 0.15) is 5.82 Å². The number of halogens is 2. The molecule has 7 heteroatoms. The van der Waals surface area contributed by atoms with Gasteiger partial charge in [-0.05, 0) is 36.8 Å². The minimum Gasteiger partial charge on any atom is -0.377 e. The zero-order chi connectivity index (χ0) is 15.6. The molecule has 0 saturated heterocycles. The van der Waals surface area contributed by atoms with Gasteiger partial charge in [0.25, 0.3) is 0 Å². The Labute approximate surface area is 127 Å². The molecule has 0 aliphatic rings. The van der Waals surface area contributed by atoms with E-state index in [2.05, 4.69) is 10.3 Å². The van der Waals surface area contributed by atoms with Crippen LogP contribution in [0.3, 0.4) is 0 Å². The lowest BCUT2D eigenvalue weighted by atomic mass is 10.1. The molecule has 112 valence electrons. The van der Waals surface area contributed by atoms with Crippen LogP contribution in [0.25, 0.3) is 0 Å². The molecule has 2 aromatic rings. The van der Waals surface area contributed by atoms with Crippen molar-refractivity contribution in [2.24, 2.45) is 0 Å². The largest absolute Gasteiger partial charge is 0.377 e. The molecule has 0 bridgehead atoms. The monoisotopic (exact) mass is 328 g/mol. The summed E-state index contributed by atoms with van der Waals surface area (Å²) >= 11 is 6.06. The maximum absolute atomic E-state index is 13.2. The van der Waals surface area contributed by atoms with Gasteiger partial charge >= 0.3 is 0 Å². The predicted molar refractivity (Wildman–Crippen MR) is 80.8 cm³/mol. The van der Waals surface area contributed by atoms with Crippen molar-refractivity contribution in [2.45, 2.75) is 17.9 Å². The molecule has 4 nitrogen and oxygen atoms in total. The maximum Gasteiger partial charge on any atom is 0.175 e. The zero-order valence-electron chi connectivity index (χ0n) is 11.5. The minimum absolute atomic E-state index is 0.166. The van der Waals surface area contributed by atoms with Crippen molar-refractivity contribution in [1.82, 2.24) is 4.98 Å². The number of hydrogen-bond acceptors (Lipinski definition) is 4. The molecule has 0 saturated carbocycles. The third kappa shape index (κ3) is 3.92. The van der Waals surface area contributed by atoms with E-state index in [0.29, 0.717) is 16.3 Å². The average molecular weight is 329 g/mol. The molecule has 0 amide bonds. The summed E-state index contributed by atoms with van der Waals surface area (Å²) < 4.78 is 36.3. The predicted octanol–water partition coefficient (Wildman–Crippen LogP) is 3.45. The molecule has 0 radical (unpaired) electrons. The molecule has 0 aliphatic carbocycles. The molecule has 1 unspecified atom stereocenters. The van der Waals surface area contributed by atoms with Gasteiger partial charge in [-0.3, -0.25) is 4.98 Å². The fourth-order valence-corrected chi connectivity index (χ4v) is 2.65. The van der Waals surface area contributed by atoms with Crippen LogP contribution in [0, 0.1) is 5.82 Å². The number of hydrogen-bond donors (Lipinski definition) is 1. The van der Waals surface area contributed by atoms with Crippen LogP contribution in [-0.2, 0) is 9.84 Å². The van der Waals surface area contributed by atoms with E-state index in [9.17, 15) is 12.8 Å². The first-order chi connectivity index (χ1) is 9.77. The molecule has 1 aromatic heterocycles. The maximum atomic E-state index is 13.2. The first-order valence-electron chi connectivity index (χ1n) is 6.14. The van der Waals surface area contributed by atoms with Crippen LogP contribution in [0.1, 0.15) is 18.5 Å². The van der Waals surface area contributed by atoms with Crippen LogP contribution in [0.15, 0.2) is 41.6 Å². The number of pyridine rings is 1. The van der Waals surface area contributed by atoms with Gasteiger partial charge in [0, 0.05) is 12.5 Å². The van der Waals surface area contributed by atoms with E-state index in [1.807, 2.05) is 0 Å². The van der Waals surface area contributed by atoms with Crippen molar-refractivity contribution in [3.63, 3.8) is 0 Å². The van der Waals surface area contributed by atoms with Crippen LogP contribution in [-0.4, -0.2) is 19.7 Å². The number of sulfone groups is 1. The van der Waals surface area contributed by atoms with Crippen molar-refractivity contribution >= 4 is 27.1 Å². The molecule has 1 N–H and O–H groups in total. The Morgan fingerprint density at radius 1 is 1.29 bits per heavy atom. The van der Waals surface area contributed by atoms with Gasteiger partial charge in [-0.2, -0.15) is 0 Å². The number of nitrogens with one attached hydrogen (secondary N) is 1. The number of rotatable bonds is 4. The van der Waals surface area contributed by atoms with E-state index >= 15 is 0 Å². The number of benzene rings is 1. The SMILES string of the molecule is CC(Nc1cc(S(C)(=O)=O)ccc1Cl)c1cncc(F)c1. The second-order valence-corrected chi connectivity index (χ2v) is 7.14. The lowest BCUT2D eigenvalue weighted by molar-refractivity contribution is 0.602. The molecule has 1 atom stereocenters. The van der Waals surface area contributed by atoms with Gasteiger partial charge in [0.15, 0.2) is 9.84 Å². The standard InChI is InChI=1S/C14H14ClFN2O2S/c1-9(10-5-11(16)8-17-7-10)18-14-6-12(21(2,19)20)3-4-13(14)15/h3-9,18H,1-2H3. The highest BCUT2D eigenvalue weighted by molar-refractivity contribution is 7.90. The Morgan fingerprint density at radius 2 is 2.00 bits per heavy atom.